The largest absolute Gasteiger partial charge is 0.485 e. The molecule has 0 bridgehead atoms. The molecule has 2 aromatic heterocycles. The molecule has 7 nitrogen and oxygen atoms in total. The van der Waals surface area contributed by atoms with Gasteiger partial charge in [0.2, 0.25) is 5.82 Å². The highest BCUT2D eigenvalue weighted by Gasteiger charge is 2.36. The van der Waals surface area contributed by atoms with Crippen molar-refractivity contribution in [3.05, 3.63) is 45.1 Å². The Morgan fingerprint density at radius 3 is 2.68 bits per heavy atom. The number of aromatic amines is 1. The van der Waals surface area contributed by atoms with Gasteiger partial charge in [0.15, 0.2) is 11.2 Å². The van der Waals surface area contributed by atoms with E-state index in [1.165, 1.54) is 6.07 Å². The smallest absolute Gasteiger partial charge is 0.416 e. The fourth-order valence-corrected chi connectivity index (χ4v) is 3.28. The number of halogens is 3. The van der Waals surface area contributed by atoms with Crippen LogP contribution in [-0.2, 0) is 6.18 Å². The molecule has 10 heteroatoms. The molecule has 1 unspecified atom stereocenters. The van der Waals surface area contributed by atoms with Gasteiger partial charge >= 0.3 is 6.18 Å². The summed E-state index contributed by atoms with van der Waals surface area (Å²) in [6.07, 6.45) is -4.09. The van der Waals surface area contributed by atoms with Crippen LogP contribution in [0.4, 0.5) is 13.2 Å². The predicted octanol–water partition coefficient (Wildman–Crippen LogP) is 4.05. The van der Waals surface area contributed by atoms with Crippen LogP contribution in [0.25, 0.3) is 22.9 Å². The van der Waals surface area contributed by atoms with Gasteiger partial charge < -0.3 is 9.15 Å². The van der Waals surface area contributed by atoms with Crippen molar-refractivity contribution in [2.75, 3.05) is 0 Å². The predicted molar refractivity (Wildman–Crippen MR) is 91.6 cm³/mol. The number of alkyl halides is 3. The van der Waals surface area contributed by atoms with E-state index in [-0.39, 0.29) is 39.7 Å². The molecular formula is C18H15F3N4O3. The van der Waals surface area contributed by atoms with Crippen LogP contribution in [0.2, 0.25) is 0 Å². The summed E-state index contributed by atoms with van der Waals surface area (Å²) in [5.41, 5.74) is -0.280. The Labute approximate surface area is 156 Å². The standard InChI is InChI=1S/C18H15F3N4O3/c1-3-4-11-13-14(26)8(2)15(17-22-24-25-23-17)28-16(13)10-6-5-9(18(19,20)21)7-12(10)27-11/h5-7,11H,3-4H2,1-2H3,(H,22,23,24,25). The van der Waals surface area contributed by atoms with E-state index >= 15 is 0 Å². The first-order valence-electron chi connectivity index (χ1n) is 8.61. The van der Waals surface area contributed by atoms with Crippen molar-refractivity contribution in [2.24, 2.45) is 0 Å². The van der Waals surface area contributed by atoms with Crippen molar-refractivity contribution >= 4 is 0 Å². The van der Waals surface area contributed by atoms with Crippen LogP contribution in [0.1, 0.15) is 42.6 Å². The molecule has 1 aliphatic heterocycles. The van der Waals surface area contributed by atoms with Crippen molar-refractivity contribution in [1.29, 1.82) is 0 Å². The van der Waals surface area contributed by atoms with Gasteiger partial charge in [-0.3, -0.25) is 4.79 Å². The van der Waals surface area contributed by atoms with E-state index in [0.29, 0.717) is 18.4 Å². The van der Waals surface area contributed by atoms with Crippen molar-refractivity contribution in [1.82, 2.24) is 20.6 Å². The number of rotatable bonds is 3. The van der Waals surface area contributed by atoms with Gasteiger partial charge in [-0.2, -0.15) is 13.2 Å². The van der Waals surface area contributed by atoms with E-state index in [9.17, 15) is 18.0 Å². The molecule has 1 aliphatic rings. The van der Waals surface area contributed by atoms with E-state index in [4.69, 9.17) is 9.15 Å². The molecule has 1 aromatic carbocycles. The molecule has 3 heterocycles. The van der Waals surface area contributed by atoms with E-state index in [2.05, 4.69) is 20.6 Å². The van der Waals surface area contributed by atoms with E-state index in [0.717, 1.165) is 12.1 Å². The first-order chi connectivity index (χ1) is 13.3. The Bertz CT molecular complexity index is 1090. The van der Waals surface area contributed by atoms with Crippen LogP contribution in [0.5, 0.6) is 5.75 Å². The summed E-state index contributed by atoms with van der Waals surface area (Å²) in [4.78, 5) is 13.0. The highest BCUT2D eigenvalue weighted by Crippen LogP contribution is 2.46. The van der Waals surface area contributed by atoms with E-state index < -0.39 is 17.8 Å². The number of benzene rings is 1. The van der Waals surface area contributed by atoms with Gasteiger partial charge in [-0.25, -0.2) is 5.10 Å². The third kappa shape index (κ3) is 2.85. The molecule has 0 radical (unpaired) electrons. The van der Waals surface area contributed by atoms with Crippen molar-refractivity contribution in [3.63, 3.8) is 0 Å². The summed E-state index contributed by atoms with van der Waals surface area (Å²) in [6.45, 7) is 3.48. The maximum absolute atomic E-state index is 13.1. The van der Waals surface area contributed by atoms with Crippen LogP contribution in [-0.4, -0.2) is 20.6 Å². The number of nitrogens with zero attached hydrogens (tertiary/aromatic N) is 3. The molecule has 0 amide bonds. The number of H-pyrrole nitrogens is 1. The van der Waals surface area contributed by atoms with Crippen LogP contribution in [0, 0.1) is 6.92 Å². The number of hydrogen-bond donors (Lipinski definition) is 1. The second kappa shape index (κ2) is 6.47. The summed E-state index contributed by atoms with van der Waals surface area (Å²) < 4.78 is 51.1. The fraction of sp³-hybridized carbons (Fsp3) is 0.333. The number of hydrogen-bond acceptors (Lipinski definition) is 6. The van der Waals surface area contributed by atoms with Crippen molar-refractivity contribution in [3.8, 4) is 28.7 Å². The molecule has 146 valence electrons. The van der Waals surface area contributed by atoms with Gasteiger partial charge in [-0.05, 0) is 42.0 Å². The number of ether oxygens (including phenoxy) is 1. The Morgan fingerprint density at radius 1 is 1.25 bits per heavy atom. The van der Waals surface area contributed by atoms with Crippen LogP contribution in [0.3, 0.4) is 0 Å². The maximum Gasteiger partial charge on any atom is 0.416 e. The minimum atomic E-state index is -4.51. The molecular weight excluding hydrogens is 377 g/mol. The lowest BCUT2D eigenvalue weighted by molar-refractivity contribution is -0.137. The number of fused-ring (bicyclic) bond motifs is 3. The molecule has 3 aromatic rings. The molecule has 0 spiro atoms. The topological polar surface area (TPSA) is 93.9 Å². The monoisotopic (exact) mass is 392 g/mol. The lowest BCUT2D eigenvalue weighted by Gasteiger charge is -2.28. The van der Waals surface area contributed by atoms with E-state index in [1.54, 1.807) is 6.92 Å². The average molecular weight is 392 g/mol. The third-order valence-corrected chi connectivity index (χ3v) is 4.63. The molecule has 4 rings (SSSR count). The first kappa shape index (κ1) is 18.2. The summed E-state index contributed by atoms with van der Waals surface area (Å²) >= 11 is 0. The second-order valence-corrected chi connectivity index (χ2v) is 6.48. The molecule has 1 atom stereocenters. The molecule has 0 saturated carbocycles. The zero-order chi connectivity index (χ0) is 20.1. The summed E-state index contributed by atoms with van der Waals surface area (Å²) in [5, 5.41) is 13.3. The second-order valence-electron chi connectivity index (χ2n) is 6.48. The number of aromatic nitrogens is 4. The normalized spacial score (nSPS) is 15.7. The van der Waals surface area contributed by atoms with Gasteiger partial charge in [0.1, 0.15) is 17.6 Å². The molecule has 0 aliphatic carbocycles. The fourth-order valence-electron chi connectivity index (χ4n) is 3.28. The quantitative estimate of drug-likeness (QED) is 0.723. The van der Waals surface area contributed by atoms with Crippen molar-refractivity contribution in [2.45, 2.75) is 39.0 Å². The molecule has 0 fully saturated rings. The van der Waals surface area contributed by atoms with Crippen LogP contribution >= 0.6 is 0 Å². The summed E-state index contributed by atoms with van der Waals surface area (Å²) in [5.74, 6) is 0.492. The Morgan fingerprint density at radius 2 is 2.04 bits per heavy atom. The summed E-state index contributed by atoms with van der Waals surface area (Å²) in [7, 11) is 0. The van der Waals surface area contributed by atoms with Crippen LogP contribution in [0.15, 0.2) is 27.4 Å². The zero-order valence-corrected chi connectivity index (χ0v) is 14.9. The Hall–Kier alpha value is -3.17. The Kier molecular flexibility index (Phi) is 4.20. The van der Waals surface area contributed by atoms with Gasteiger partial charge in [0.05, 0.1) is 16.7 Å². The SMILES string of the molecule is CCCC1Oc2cc(C(F)(F)F)ccc2-c2oc(-c3nnn[nH]3)c(C)c(=O)c21. The number of tetrazole rings is 1. The highest BCUT2D eigenvalue weighted by molar-refractivity contribution is 5.73. The average Bonchev–Trinajstić information content (AvgIpc) is 3.17. The summed E-state index contributed by atoms with van der Waals surface area (Å²) in [6, 6.07) is 3.11. The third-order valence-electron chi connectivity index (χ3n) is 4.63. The van der Waals surface area contributed by atoms with E-state index in [1.807, 2.05) is 6.92 Å². The lowest BCUT2D eigenvalue weighted by atomic mass is 9.93. The number of nitrogens with one attached hydrogen (secondary N) is 1. The zero-order valence-electron chi connectivity index (χ0n) is 14.9. The molecule has 1 N–H and O–H groups in total. The van der Waals surface area contributed by atoms with Crippen molar-refractivity contribution < 1.29 is 22.3 Å². The molecule has 28 heavy (non-hydrogen) atoms. The first-order valence-corrected chi connectivity index (χ1v) is 8.61. The highest BCUT2D eigenvalue weighted by atomic mass is 19.4. The molecule has 0 saturated heterocycles. The minimum absolute atomic E-state index is 0.0226. The minimum Gasteiger partial charge on any atom is -0.485 e. The van der Waals surface area contributed by atoms with Crippen LogP contribution < -0.4 is 10.2 Å². The van der Waals surface area contributed by atoms with Gasteiger partial charge in [0.25, 0.3) is 0 Å². The lowest BCUT2D eigenvalue weighted by Crippen LogP contribution is -2.25. The van der Waals surface area contributed by atoms with Gasteiger partial charge in [0, 0.05) is 5.56 Å². The van der Waals surface area contributed by atoms with Gasteiger partial charge in [-0.15, -0.1) is 5.10 Å². The Balaban J connectivity index is 1.98. The van der Waals surface area contributed by atoms with Gasteiger partial charge in [-0.1, -0.05) is 13.3 Å². The maximum atomic E-state index is 13.1.